The Morgan fingerprint density at radius 1 is 1.06 bits per heavy atom. The van der Waals surface area contributed by atoms with Crippen molar-refractivity contribution in [3.63, 3.8) is 0 Å². The van der Waals surface area contributed by atoms with E-state index in [2.05, 4.69) is 0 Å². The van der Waals surface area contributed by atoms with Crippen LogP contribution in [0.15, 0.2) is 48.5 Å². The normalized spacial score (nSPS) is 19.0. The topological polar surface area (TPSA) is 76.2 Å². The molecule has 0 N–H and O–H groups in total. The highest BCUT2D eigenvalue weighted by atomic mass is 16.5. The fourth-order valence-corrected chi connectivity index (χ4v) is 4.25. The highest BCUT2D eigenvalue weighted by Crippen LogP contribution is 2.33. The Bertz CT molecular complexity index is 1000. The van der Waals surface area contributed by atoms with Crippen molar-refractivity contribution in [2.45, 2.75) is 32.3 Å². The zero-order chi connectivity index (χ0) is 22.0. The molecule has 1 saturated heterocycles. The molecular formula is C24H26N2O5. The molecule has 2 heterocycles. The van der Waals surface area contributed by atoms with Gasteiger partial charge in [-0.3, -0.25) is 14.4 Å². The number of carbonyl (C=O) groups excluding carboxylic acids is 3. The molecule has 2 aliphatic heterocycles. The number of methoxy groups -OCH3 is 1. The highest BCUT2D eigenvalue weighted by molar-refractivity contribution is 6.02. The number of ether oxygens (including phenoxy) is 2. The number of amides is 2. The number of benzene rings is 2. The van der Waals surface area contributed by atoms with Gasteiger partial charge in [0.25, 0.3) is 5.91 Å². The summed E-state index contributed by atoms with van der Waals surface area (Å²) < 4.78 is 10.8. The first-order valence-electron chi connectivity index (χ1n) is 10.5. The lowest BCUT2D eigenvalue weighted by atomic mass is 10.0. The molecule has 31 heavy (non-hydrogen) atoms. The minimum Gasteiger partial charge on any atom is -0.495 e. The van der Waals surface area contributed by atoms with E-state index in [1.165, 1.54) is 12.0 Å². The van der Waals surface area contributed by atoms with E-state index >= 15 is 0 Å². The number of esters is 1. The highest BCUT2D eigenvalue weighted by Gasteiger charge is 2.39. The number of rotatable bonds is 5. The number of para-hydroxylation sites is 3. The predicted octanol–water partition coefficient (Wildman–Crippen LogP) is 2.96. The summed E-state index contributed by atoms with van der Waals surface area (Å²) in [6, 6.07) is 15.0. The van der Waals surface area contributed by atoms with Gasteiger partial charge in [-0.2, -0.15) is 0 Å². The van der Waals surface area contributed by atoms with Crippen molar-refractivity contribution >= 4 is 29.2 Å². The molecule has 162 valence electrons. The summed E-state index contributed by atoms with van der Waals surface area (Å²) in [6.07, 6.45) is 0.921. The molecule has 7 nitrogen and oxygen atoms in total. The Morgan fingerprint density at radius 2 is 1.77 bits per heavy atom. The third-order valence-electron chi connectivity index (χ3n) is 5.85. The minimum atomic E-state index is -0.922. The summed E-state index contributed by atoms with van der Waals surface area (Å²) >= 11 is 0. The number of hydrogen-bond acceptors (Lipinski definition) is 5. The summed E-state index contributed by atoms with van der Waals surface area (Å²) in [7, 11) is 1.54. The van der Waals surface area contributed by atoms with E-state index in [0.29, 0.717) is 18.0 Å². The van der Waals surface area contributed by atoms with E-state index < -0.39 is 18.0 Å². The maximum Gasteiger partial charge on any atom is 0.312 e. The average Bonchev–Trinajstić information content (AvgIpc) is 3.19. The van der Waals surface area contributed by atoms with Gasteiger partial charge in [-0.25, -0.2) is 0 Å². The van der Waals surface area contributed by atoms with Gasteiger partial charge in [-0.15, -0.1) is 0 Å². The van der Waals surface area contributed by atoms with Crippen molar-refractivity contribution in [2.75, 3.05) is 30.0 Å². The van der Waals surface area contributed by atoms with Gasteiger partial charge in [-0.1, -0.05) is 30.3 Å². The summed E-state index contributed by atoms with van der Waals surface area (Å²) in [4.78, 5) is 41.5. The Kier molecular flexibility index (Phi) is 5.93. The molecular weight excluding hydrogens is 396 g/mol. The molecule has 0 radical (unpaired) electrons. The van der Waals surface area contributed by atoms with E-state index in [1.54, 1.807) is 24.0 Å². The van der Waals surface area contributed by atoms with Crippen LogP contribution < -0.4 is 14.5 Å². The van der Waals surface area contributed by atoms with Gasteiger partial charge < -0.3 is 19.3 Å². The van der Waals surface area contributed by atoms with Crippen LogP contribution in [0.5, 0.6) is 5.75 Å². The second-order valence-electron chi connectivity index (χ2n) is 7.88. The predicted molar refractivity (Wildman–Crippen MR) is 116 cm³/mol. The van der Waals surface area contributed by atoms with Gasteiger partial charge in [0.05, 0.1) is 18.7 Å². The van der Waals surface area contributed by atoms with Crippen LogP contribution in [0.1, 0.15) is 25.3 Å². The SMILES string of the molecule is COc1ccccc1N1C[C@@H](C(=O)O[C@@H](C)C(=O)N2CCCc3ccccc32)CC1=O. The largest absolute Gasteiger partial charge is 0.495 e. The van der Waals surface area contributed by atoms with Crippen molar-refractivity contribution in [2.24, 2.45) is 5.92 Å². The van der Waals surface area contributed by atoms with Crippen LogP contribution in [-0.2, 0) is 25.5 Å². The van der Waals surface area contributed by atoms with Crippen molar-refractivity contribution < 1.29 is 23.9 Å². The summed E-state index contributed by atoms with van der Waals surface area (Å²) in [5, 5.41) is 0. The van der Waals surface area contributed by atoms with Crippen LogP contribution in [0.25, 0.3) is 0 Å². The lowest BCUT2D eigenvalue weighted by Gasteiger charge is -2.31. The van der Waals surface area contributed by atoms with E-state index in [0.717, 1.165) is 24.1 Å². The average molecular weight is 422 g/mol. The molecule has 1 fully saturated rings. The quantitative estimate of drug-likeness (QED) is 0.693. The number of nitrogens with zero attached hydrogens (tertiary/aromatic N) is 2. The maximum atomic E-state index is 13.0. The zero-order valence-electron chi connectivity index (χ0n) is 17.7. The first-order chi connectivity index (χ1) is 15.0. The number of fused-ring (bicyclic) bond motifs is 1. The fourth-order valence-electron chi connectivity index (χ4n) is 4.25. The monoisotopic (exact) mass is 422 g/mol. The first-order valence-corrected chi connectivity index (χ1v) is 10.5. The Labute approximate surface area is 181 Å². The molecule has 0 saturated carbocycles. The van der Waals surface area contributed by atoms with Crippen molar-refractivity contribution in [3.8, 4) is 5.75 Å². The number of carbonyl (C=O) groups is 3. The van der Waals surface area contributed by atoms with Gasteiger partial charge in [0.1, 0.15) is 5.75 Å². The van der Waals surface area contributed by atoms with E-state index in [4.69, 9.17) is 9.47 Å². The standard InChI is InChI=1S/C24H26N2O5/c1-16(23(28)25-13-7-9-17-8-3-4-10-19(17)25)31-24(29)18-14-22(27)26(15-18)20-11-5-6-12-21(20)30-2/h3-6,8,10-12,16,18H,7,9,13-15H2,1-2H3/t16-,18-/m0/s1. The summed E-state index contributed by atoms with van der Waals surface area (Å²) in [6.45, 7) is 2.39. The number of anilines is 2. The molecule has 0 aromatic heterocycles. The Hall–Kier alpha value is -3.35. The molecule has 7 heteroatoms. The molecule has 2 atom stereocenters. The summed E-state index contributed by atoms with van der Waals surface area (Å²) in [5.74, 6) is -1.00. The van der Waals surface area contributed by atoms with Gasteiger partial charge in [-0.05, 0) is 43.5 Å². The van der Waals surface area contributed by atoms with Crippen LogP contribution in [0, 0.1) is 5.92 Å². The summed E-state index contributed by atoms with van der Waals surface area (Å²) in [5.41, 5.74) is 2.62. The van der Waals surface area contributed by atoms with E-state index in [1.807, 2.05) is 36.4 Å². The lowest BCUT2D eigenvalue weighted by molar-refractivity contribution is -0.157. The second kappa shape index (κ2) is 8.79. The molecule has 2 aromatic carbocycles. The Morgan fingerprint density at radius 3 is 2.55 bits per heavy atom. The van der Waals surface area contributed by atoms with Gasteiger partial charge >= 0.3 is 5.97 Å². The van der Waals surface area contributed by atoms with Crippen LogP contribution in [0.3, 0.4) is 0 Å². The van der Waals surface area contributed by atoms with E-state index in [-0.39, 0.29) is 24.8 Å². The molecule has 2 aromatic rings. The van der Waals surface area contributed by atoms with Crippen LogP contribution in [0.2, 0.25) is 0 Å². The number of aryl methyl sites for hydroxylation is 1. The van der Waals surface area contributed by atoms with Crippen LogP contribution >= 0.6 is 0 Å². The molecule has 0 aliphatic carbocycles. The van der Waals surface area contributed by atoms with Crippen LogP contribution in [0.4, 0.5) is 11.4 Å². The third-order valence-corrected chi connectivity index (χ3v) is 5.85. The molecule has 0 spiro atoms. The zero-order valence-corrected chi connectivity index (χ0v) is 17.7. The van der Waals surface area contributed by atoms with Crippen LogP contribution in [-0.4, -0.2) is 44.1 Å². The minimum absolute atomic E-state index is 0.0460. The van der Waals surface area contributed by atoms with Crippen molar-refractivity contribution in [3.05, 3.63) is 54.1 Å². The molecule has 0 bridgehead atoms. The van der Waals surface area contributed by atoms with Gasteiger partial charge in [0.15, 0.2) is 6.10 Å². The first kappa shape index (κ1) is 20.9. The van der Waals surface area contributed by atoms with Gasteiger partial charge in [0, 0.05) is 25.2 Å². The van der Waals surface area contributed by atoms with Crippen molar-refractivity contribution in [1.29, 1.82) is 0 Å². The molecule has 2 amide bonds. The number of hydrogen-bond donors (Lipinski definition) is 0. The third kappa shape index (κ3) is 4.13. The van der Waals surface area contributed by atoms with E-state index in [9.17, 15) is 14.4 Å². The lowest BCUT2D eigenvalue weighted by Crippen LogP contribution is -2.43. The second-order valence-corrected chi connectivity index (χ2v) is 7.88. The maximum absolute atomic E-state index is 13.0. The smallest absolute Gasteiger partial charge is 0.312 e. The molecule has 2 aliphatic rings. The molecule has 0 unspecified atom stereocenters. The van der Waals surface area contributed by atoms with Crippen molar-refractivity contribution in [1.82, 2.24) is 0 Å². The molecule has 4 rings (SSSR count). The van der Waals surface area contributed by atoms with Gasteiger partial charge in [0.2, 0.25) is 5.91 Å². The Balaban J connectivity index is 1.42. The fraction of sp³-hybridized carbons (Fsp3) is 0.375.